The SMILES string of the molecule is N#CCn1cnc2cc(N)ccc21. The molecule has 2 rings (SSSR count). The van der Waals surface area contributed by atoms with E-state index in [-0.39, 0.29) is 0 Å². The minimum absolute atomic E-state index is 0.320. The molecule has 4 nitrogen and oxygen atoms in total. The zero-order valence-electron chi connectivity index (χ0n) is 6.94. The quantitative estimate of drug-likeness (QED) is 0.656. The molecule has 0 saturated carbocycles. The van der Waals surface area contributed by atoms with Crippen molar-refractivity contribution < 1.29 is 0 Å². The Labute approximate surface area is 75.2 Å². The fourth-order valence-electron chi connectivity index (χ4n) is 1.28. The van der Waals surface area contributed by atoms with E-state index in [2.05, 4.69) is 11.1 Å². The summed E-state index contributed by atoms with van der Waals surface area (Å²) in [4.78, 5) is 4.13. The standard InChI is InChI=1S/C9H8N4/c10-3-4-13-6-12-8-5-7(11)1-2-9(8)13/h1-2,5-6H,4,11H2. The van der Waals surface area contributed by atoms with Gasteiger partial charge in [0, 0.05) is 5.69 Å². The van der Waals surface area contributed by atoms with Gasteiger partial charge in [-0.2, -0.15) is 5.26 Å². The number of nitrogens with two attached hydrogens (primary N) is 1. The topological polar surface area (TPSA) is 67.6 Å². The monoisotopic (exact) mass is 172 g/mol. The lowest BCUT2D eigenvalue weighted by Gasteiger charge is -1.96. The second-order valence-corrected chi connectivity index (χ2v) is 2.78. The van der Waals surface area contributed by atoms with Crippen molar-refractivity contribution in [2.45, 2.75) is 6.54 Å². The Hall–Kier alpha value is -2.02. The molecule has 0 aliphatic carbocycles. The number of aromatic nitrogens is 2. The molecule has 13 heavy (non-hydrogen) atoms. The van der Waals surface area contributed by atoms with E-state index in [1.165, 1.54) is 0 Å². The van der Waals surface area contributed by atoms with E-state index >= 15 is 0 Å². The number of hydrogen-bond acceptors (Lipinski definition) is 3. The molecule has 0 aliphatic heterocycles. The first kappa shape index (κ1) is 7.62. The van der Waals surface area contributed by atoms with Gasteiger partial charge in [0.05, 0.1) is 23.4 Å². The summed E-state index contributed by atoms with van der Waals surface area (Å²) in [6.07, 6.45) is 1.65. The molecule has 0 aliphatic rings. The number of imidazole rings is 1. The van der Waals surface area contributed by atoms with E-state index in [4.69, 9.17) is 11.0 Å². The van der Waals surface area contributed by atoms with Crippen LogP contribution in [0.1, 0.15) is 0 Å². The number of rotatable bonds is 1. The summed E-state index contributed by atoms with van der Waals surface area (Å²) in [6.45, 7) is 0.320. The lowest BCUT2D eigenvalue weighted by atomic mass is 10.3. The third kappa shape index (κ3) is 1.20. The highest BCUT2D eigenvalue weighted by atomic mass is 15.0. The van der Waals surface area contributed by atoms with Crippen LogP contribution in [0.4, 0.5) is 5.69 Å². The molecule has 2 N–H and O–H groups in total. The molecule has 1 aromatic heterocycles. The number of fused-ring (bicyclic) bond motifs is 1. The van der Waals surface area contributed by atoms with Crippen molar-refractivity contribution in [3.63, 3.8) is 0 Å². The zero-order valence-corrected chi connectivity index (χ0v) is 6.94. The molecule has 0 unspecified atom stereocenters. The Morgan fingerprint density at radius 2 is 2.38 bits per heavy atom. The molecule has 0 atom stereocenters. The van der Waals surface area contributed by atoms with E-state index in [1.807, 2.05) is 6.07 Å². The lowest BCUT2D eigenvalue weighted by Crippen LogP contribution is -1.92. The van der Waals surface area contributed by atoms with Crippen LogP contribution in [0.15, 0.2) is 24.5 Å². The summed E-state index contributed by atoms with van der Waals surface area (Å²) in [5.74, 6) is 0. The second kappa shape index (κ2) is 2.79. The van der Waals surface area contributed by atoms with Crippen LogP contribution in [0.25, 0.3) is 11.0 Å². The maximum Gasteiger partial charge on any atom is 0.111 e. The average molecular weight is 172 g/mol. The van der Waals surface area contributed by atoms with E-state index < -0.39 is 0 Å². The van der Waals surface area contributed by atoms with Gasteiger partial charge in [0.15, 0.2) is 0 Å². The number of benzene rings is 1. The maximum absolute atomic E-state index is 8.53. The van der Waals surface area contributed by atoms with Gasteiger partial charge in [-0.1, -0.05) is 0 Å². The molecule has 1 aromatic carbocycles. The van der Waals surface area contributed by atoms with Crippen molar-refractivity contribution in [2.75, 3.05) is 5.73 Å². The summed E-state index contributed by atoms with van der Waals surface area (Å²) in [5, 5.41) is 8.53. The Morgan fingerprint density at radius 1 is 1.54 bits per heavy atom. The van der Waals surface area contributed by atoms with Crippen LogP contribution in [-0.2, 0) is 6.54 Å². The van der Waals surface area contributed by atoms with Crippen LogP contribution < -0.4 is 5.73 Å². The molecule has 0 bridgehead atoms. The second-order valence-electron chi connectivity index (χ2n) is 2.78. The summed E-state index contributed by atoms with van der Waals surface area (Å²) >= 11 is 0. The van der Waals surface area contributed by atoms with Crippen LogP contribution in [0.3, 0.4) is 0 Å². The van der Waals surface area contributed by atoms with E-state index in [0.29, 0.717) is 12.2 Å². The average Bonchev–Trinajstić information content (AvgIpc) is 2.49. The third-order valence-corrected chi connectivity index (χ3v) is 1.89. The molecule has 0 amide bonds. The number of hydrogen-bond donors (Lipinski definition) is 1. The molecule has 1 heterocycles. The van der Waals surface area contributed by atoms with Gasteiger partial charge in [0.25, 0.3) is 0 Å². The fourth-order valence-corrected chi connectivity index (χ4v) is 1.28. The zero-order chi connectivity index (χ0) is 9.26. The van der Waals surface area contributed by atoms with Crippen LogP contribution >= 0.6 is 0 Å². The lowest BCUT2D eigenvalue weighted by molar-refractivity contribution is 0.860. The largest absolute Gasteiger partial charge is 0.399 e. The first-order valence-electron chi connectivity index (χ1n) is 3.88. The highest BCUT2D eigenvalue weighted by Gasteiger charge is 2.00. The van der Waals surface area contributed by atoms with Crippen molar-refractivity contribution in [1.82, 2.24) is 9.55 Å². The first-order valence-corrected chi connectivity index (χ1v) is 3.88. The summed E-state index contributed by atoms with van der Waals surface area (Å²) in [6, 6.07) is 7.54. The summed E-state index contributed by atoms with van der Waals surface area (Å²) in [7, 11) is 0. The summed E-state index contributed by atoms with van der Waals surface area (Å²) < 4.78 is 1.79. The van der Waals surface area contributed by atoms with Crippen molar-refractivity contribution in [3.8, 4) is 6.07 Å². The van der Waals surface area contributed by atoms with Gasteiger partial charge in [0.1, 0.15) is 6.54 Å². The molecular formula is C9H8N4. The summed E-state index contributed by atoms with van der Waals surface area (Å²) in [5.41, 5.74) is 8.05. The fraction of sp³-hybridized carbons (Fsp3) is 0.111. The number of anilines is 1. The highest BCUT2D eigenvalue weighted by molar-refractivity contribution is 5.78. The minimum Gasteiger partial charge on any atom is -0.399 e. The third-order valence-electron chi connectivity index (χ3n) is 1.89. The van der Waals surface area contributed by atoms with Crippen molar-refractivity contribution in [2.24, 2.45) is 0 Å². The minimum atomic E-state index is 0.320. The highest BCUT2D eigenvalue weighted by Crippen LogP contribution is 2.15. The Balaban J connectivity index is 2.63. The van der Waals surface area contributed by atoms with Gasteiger partial charge in [-0.05, 0) is 18.2 Å². The molecule has 0 fully saturated rings. The van der Waals surface area contributed by atoms with Gasteiger partial charge in [-0.3, -0.25) is 0 Å². The van der Waals surface area contributed by atoms with Crippen LogP contribution in [0.5, 0.6) is 0 Å². The molecule has 0 saturated heterocycles. The molecule has 4 heteroatoms. The number of nitriles is 1. The molecule has 0 spiro atoms. The van der Waals surface area contributed by atoms with Gasteiger partial charge >= 0.3 is 0 Å². The van der Waals surface area contributed by atoms with Crippen molar-refractivity contribution in [3.05, 3.63) is 24.5 Å². The first-order chi connectivity index (χ1) is 6.31. The van der Waals surface area contributed by atoms with E-state index in [1.54, 1.807) is 23.0 Å². The predicted molar refractivity (Wildman–Crippen MR) is 49.8 cm³/mol. The number of nitrogen functional groups attached to an aromatic ring is 1. The van der Waals surface area contributed by atoms with Gasteiger partial charge in [-0.25, -0.2) is 4.98 Å². The van der Waals surface area contributed by atoms with Crippen molar-refractivity contribution in [1.29, 1.82) is 5.26 Å². The van der Waals surface area contributed by atoms with Gasteiger partial charge < -0.3 is 10.3 Å². The Morgan fingerprint density at radius 3 is 3.15 bits per heavy atom. The Kier molecular flexibility index (Phi) is 1.64. The number of nitrogens with zero attached hydrogens (tertiary/aromatic N) is 3. The smallest absolute Gasteiger partial charge is 0.111 e. The van der Waals surface area contributed by atoms with Gasteiger partial charge in [-0.15, -0.1) is 0 Å². The molecule has 2 aromatic rings. The molecular weight excluding hydrogens is 164 g/mol. The van der Waals surface area contributed by atoms with E-state index in [9.17, 15) is 0 Å². The Bertz CT molecular complexity index is 478. The van der Waals surface area contributed by atoms with Crippen LogP contribution in [0, 0.1) is 11.3 Å². The van der Waals surface area contributed by atoms with Crippen LogP contribution in [-0.4, -0.2) is 9.55 Å². The van der Waals surface area contributed by atoms with Crippen molar-refractivity contribution >= 4 is 16.7 Å². The molecule has 0 radical (unpaired) electrons. The normalized spacial score (nSPS) is 10.1. The van der Waals surface area contributed by atoms with Crippen LogP contribution in [0.2, 0.25) is 0 Å². The van der Waals surface area contributed by atoms with Gasteiger partial charge in [0.2, 0.25) is 0 Å². The maximum atomic E-state index is 8.53. The molecule has 64 valence electrons. The predicted octanol–water partition coefficient (Wildman–Crippen LogP) is 1.14. The van der Waals surface area contributed by atoms with E-state index in [0.717, 1.165) is 11.0 Å².